The van der Waals surface area contributed by atoms with Crippen molar-refractivity contribution in [1.29, 1.82) is 0 Å². The van der Waals surface area contributed by atoms with Crippen molar-refractivity contribution in [2.45, 2.75) is 52.5 Å². The zero-order chi connectivity index (χ0) is 12.3. The molecule has 1 fully saturated rings. The smallest absolute Gasteiger partial charge is 0.130 e. The number of nitrogens with zero attached hydrogens (tertiary/aromatic N) is 1. The van der Waals surface area contributed by atoms with E-state index in [0.29, 0.717) is 17.7 Å². The summed E-state index contributed by atoms with van der Waals surface area (Å²) < 4.78 is 0. The monoisotopic (exact) mass is 225 g/mol. The van der Waals surface area contributed by atoms with Gasteiger partial charge in [0.25, 0.3) is 0 Å². The predicted octanol–water partition coefficient (Wildman–Crippen LogP) is 2.97. The van der Waals surface area contributed by atoms with Crippen LogP contribution in [0.15, 0.2) is 0 Å². The Bertz CT molecular complexity index is 233. The van der Waals surface area contributed by atoms with Crippen molar-refractivity contribution in [3.05, 3.63) is 0 Å². The van der Waals surface area contributed by atoms with Crippen LogP contribution in [-0.4, -0.2) is 30.8 Å². The minimum Gasteiger partial charge on any atom is -0.307 e. The summed E-state index contributed by atoms with van der Waals surface area (Å²) in [5, 5.41) is 0. The maximum Gasteiger partial charge on any atom is 0.130 e. The molecular formula is C14H27NO. The first-order chi connectivity index (χ1) is 7.41. The minimum absolute atomic E-state index is 0.343. The average molecular weight is 225 g/mol. The lowest BCUT2D eigenvalue weighted by Gasteiger charge is -2.29. The molecule has 2 heteroatoms. The summed E-state index contributed by atoms with van der Waals surface area (Å²) in [5.74, 6) is 2.56. The van der Waals surface area contributed by atoms with Crippen LogP contribution in [-0.2, 0) is 4.79 Å². The third-order valence-electron chi connectivity index (χ3n) is 4.06. The van der Waals surface area contributed by atoms with Gasteiger partial charge in [0.2, 0.25) is 0 Å². The van der Waals surface area contributed by atoms with Gasteiger partial charge in [0.15, 0.2) is 0 Å². The highest BCUT2D eigenvalue weighted by Crippen LogP contribution is 2.44. The van der Waals surface area contributed by atoms with E-state index in [2.05, 4.69) is 32.8 Å². The molecule has 0 bridgehead atoms. The molecule has 3 atom stereocenters. The van der Waals surface area contributed by atoms with Gasteiger partial charge in [0.05, 0.1) is 0 Å². The Morgan fingerprint density at radius 2 is 1.88 bits per heavy atom. The fraction of sp³-hybridized carbons (Fsp3) is 0.929. The van der Waals surface area contributed by atoms with Crippen molar-refractivity contribution in [3.8, 4) is 0 Å². The van der Waals surface area contributed by atoms with Crippen molar-refractivity contribution in [1.82, 2.24) is 4.90 Å². The zero-order valence-electron chi connectivity index (χ0n) is 11.5. The van der Waals surface area contributed by atoms with Gasteiger partial charge in [-0.1, -0.05) is 6.92 Å². The molecule has 1 rings (SSSR count). The van der Waals surface area contributed by atoms with Crippen LogP contribution < -0.4 is 0 Å². The number of ketones is 1. The summed E-state index contributed by atoms with van der Waals surface area (Å²) in [7, 11) is 4.29. The summed E-state index contributed by atoms with van der Waals surface area (Å²) in [6.45, 7) is 6.26. The molecule has 0 aromatic carbocycles. The fourth-order valence-electron chi connectivity index (χ4n) is 2.62. The van der Waals surface area contributed by atoms with Crippen molar-refractivity contribution < 1.29 is 4.79 Å². The van der Waals surface area contributed by atoms with Crippen molar-refractivity contribution in [2.75, 3.05) is 14.1 Å². The zero-order valence-corrected chi connectivity index (χ0v) is 11.5. The van der Waals surface area contributed by atoms with E-state index in [-0.39, 0.29) is 0 Å². The van der Waals surface area contributed by atoms with Crippen LogP contribution in [0, 0.1) is 17.8 Å². The van der Waals surface area contributed by atoms with E-state index in [1.165, 1.54) is 19.3 Å². The minimum atomic E-state index is 0.343. The number of carbonyl (C=O) groups is 1. The highest BCUT2D eigenvalue weighted by Gasteiger charge is 2.35. The SMILES string of the molecule is CC(=O)CC(C)C(CC(C)N(C)C)C1CC1. The second-order valence-corrected chi connectivity index (χ2v) is 5.93. The maximum absolute atomic E-state index is 11.2. The Balaban J connectivity index is 2.50. The fourth-order valence-corrected chi connectivity index (χ4v) is 2.62. The molecule has 0 aliphatic heterocycles. The molecule has 1 aliphatic rings. The van der Waals surface area contributed by atoms with Gasteiger partial charge in [-0.05, 0) is 65.0 Å². The standard InChI is InChI=1S/C14H27NO/c1-10(8-12(3)16)14(13-6-7-13)9-11(2)15(4)5/h10-11,13-14H,6-9H2,1-5H3. The number of rotatable bonds is 7. The predicted molar refractivity (Wildman–Crippen MR) is 68.4 cm³/mol. The third-order valence-corrected chi connectivity index (χ3v) is 4.06. The Morgan fingerprint density at radius 3 is 2.25 bits per heavy atom. The first-order valence-corrected chi connectivity index (χ1v) is 6.57. The normalized spacial score (nSPS) is 21.9. The Labute approximate surface area is 100 Å². The van der Waals surface area contributed by atoms with Gasteiger partial charge in [0, 0.05) is 12.5 Å². The number of hydrogen-bond acceptors (Lipinski definition) is 2. The number of carbonyl (C=O) groups excluding carboxylic acids is 1. The van der Waals surface area contributed by atoms with Crippen LogP contribution in [0.1, 0.15) is 46.5 Å². The Kier molecular flexibility index (Phi) is 4.97. The molecule has 0 spiro atoms. The Morgan fingerprint density at radius 1 is 1.31 bits per heavy atom. The lowest BCUT2D eigenvalue weighted by atomic mass is 9.81. The van der Waals surface area contributed by atoms with E-state index in [0.717, 1.165) is 18.3 Å². The third kappa shape index (κ3) is 4.25. The summed E-state index contributed by atoms with van der Waals surface area (Å²) >= 11 is 0. The van der Waals surface area contributed by atoms with E-state index in [1.807, 2.05) is 0 Å². The molecule has 1 aliphatic carbocycles. The molecule has 1 saturated carbocycles. The molecular weight excluding hydrogens is 198 g/mol. The van der Waals surface area contributed by atoms with Gasteiger partial charge < -0.3 is 9.69 Å². The summed E-state index contributed by atoms with van der Waals surface area (Å²) in [5.41, 5.74) is 0. The lowest BCUT2D eigenvalue weighted by Crippen LogP contribution is -2.30. The van der Waals surface area contributed by atoms with E-state index in [9.17, 15) is 4.79 Å². The quantitative estimate of drug-likeness (QED) is 0.664. The van der Waals surface area contributed by atoms with Crippen LogP contribution >= 0.6 is 0 Å². The van der Waals surface area contributed by atoms with Gasteiger partial charge in [0.1, 0.15) is 5.78 Å². The van der Waals surface area contributed by atoms with Gasteiger partial charge >= 0.3 is 0 Å². The molecule has 94 valence electrons. The first-order valence-electron chi connectivity index (χ1n) is 6.57. The van der Waals surface area contributed by atoms with Gasteiger partial charge in [-0.3, -0.25) is 0 Å². The van der Waals surface area contributed by atoms with Crippen LogP contribution in [0.4, 0.5) is 0 Å². The van der Waals surface area contributed by atoms with Gasteiger partial charge in [-0.2, -0.15) is 0 Å². The molecule has 0 heterocycles. The van der Waals surface area contributed by atoms with Crippen molar-refractivity contribution in [2.24, 2.45) is 17.8 Å². The van der Waals surface area contributed by atoms with Crippen LogP contribution in [0.5, 0.6) is 0 Å². The van der Waals surface area contributed by atoms with E-state index >= 15 is 0 Å². The molecule has 0 aromatic rings. The Hall–Kier alpha value is -0.370. The maximum atomic E-state index is 11.2. The molecule has 0 aromatic heterocycles. The van der Waals surface area contributed by atoms with Crippen molar-refractivity contribution in [3.63, 3.8) is 0 Å². The molecule has 0 amide bonds. The highest BCUT2D eigenvalue weighted by molar-refractivity contribution is 5.75. The first kappa shape index (κ1) is 13.7. The average Bonchev–Trinajstić information content (AvgIpc) is 2.95. The summed E-state index contributed by atoms with van der Waals surface area (Å²) in [6.07, 6.45) is 4.77. The molecule has 0 saturated heterocycles. The van der Waals surface area contributed by atoms with Gasteiger partial charge in [-0.15, -0.1) is 0 Å². The summed E-state index contributed by atoms with van der Waals surface area (Å²) in [6, 6.07) is 0.625. The summed E-state index contributed by atoms with van der Waals surface area (Å²) in [4.78, 5) is 13.5. The topological polar surface area (TPSA) is 20.3 Å². The van der Waals surface area contributed by atoms with E-state index < -0.39 is 0 Å². The largest absolute Gasteiger partial charge is 0.307 e. The second kappa shape index (κ2) is 5.81. The number of hydrogen-bond donors (Lipinski definition) is 0. The van der Waals surface area contributed by atoms with Crippen LogP contribution in [0.2, 0.25) is 0 Å². The van der Waals surface area contributed by atoms with Crippen LogP contribution in [0.3, 0.4) is 0 Å². The van der Waals surface area contributed by atoms with E-state index in [4.69, 9.17) is 0 Å². The molecule has 3 unspecified atom stereocenters. The van der Waals surface area contributed by atoms with E-state index in [1.54, 1.807) is 6.92 Å². The molecule has 0 N–H and O–H groups in total. The van der Waals surface area contributed by atoms with Crippen molar-refractivity contribution >= 4 is 5.78 Å². The molecule has 16 heavy (non-hydrogen) atoms. The lowest BCUT2D eigenvalue weighted by molar-refractivity contribution is -0.118. The highest BCUT2D eigenvalue weighted by atomic mass is 16.1. The molecule has 0 radical (unpaired) electrons. The van der Waals surface area contributed by atoms with Gasteiger partial charge in [-0.25, -0.2) is 0 Å². The van der Waals surface area contributed by atoms with Crippen LogP contribution in [0.25, 0.3) is 0 Å². The second-order valence-electron chi connectivity index (χ2n) is 5.93. The molecule has 2 nitrogen and oxygen atoms in total. The number of Topliss-reactive ketones (excluding diaryl/α,β-unsaturated/α-hetero) is 1.